The minimum Gasteiger partial charge on any atom is -0.489 e. The van der Waals surface area contributed by atoms with E-state index >= 15 is 0 Å². The first kappa shape index (κ1) is 18.0. The summed E-state index contributed by atoms with van der Waals surface area (Å²) >= 11 is 0. The Morgan fingerprint density at radius 1 is 1.23 bits per heavy atom. The summed E-state index contributed by atoms with van der Waals surface area (Å²) in [5, 5.41) is 8.95. The molecular weight excluding hydrogens is 346 g/mol. The van der Waals surface area contributed by atoms with Crippen molar-refractivity contribution >= 4 is 5.97 Å². The average Bonchev–Trinajstić information content (AvgIpc) is 3.44. The summed E-state index contributed by atoms with van der Waals surface area (Å²) in [5.41, 5.74) is 1.27. The molecule has 1 aromatic heterocycles. The third-order valence-electron chi connectivity index (χ3n) is 3.97. The van der Waals surface area contributed by atoms with Crippen LogP contribution in [0.15, 0.2) is 30.6 Å². The maximum absolute atomic E-state index is 12.5. The topological polar surface area (TPSA) is 81.5 Å². The molecule has 0 saturated heterocycles. The van der Waals surface area contributed by atoms with E-state index in [0.29, 0.717) is 36.8 Å². The molecule has 138 valence electrons. The molecule has 1 saturated carbocycles. The molecule has 6 nitrogen and oxygen atoms in total. The van der Waals surface area contributed by atoms with E-state index < -0.39 is 12.6 Å². The fraction of sp³-hybridized carbons (Fsp3) is 0.389. The average molecular weight is 364 g/mol. The van der Waals surface area contributed by atoms with Gasteiger partial charge in [-0.15, -0.1) is 0 Å². The van der Waals surface area contributed by atoms with Gasteiger partial charge in [-0.2, -0.15) is 8.78 Å². The van der Waals surface area contributed by atoms with Crippen LogP contribution in [0.2, 0.25) is 0 Å². The van der Waals surface area contributed by atoms with Crippen LogP contribution < -0.4 is 9.47 Å². The normalized spacial score (nSPS) is 13.7. The number of halogens is 2. The highest BCUT2D eigenvalue weighted by atomic mass is 19.3. The molecule has 0 atom stereocenters. The van der Waals surface area contributed by atoms with Crippen molar-refractivity contribution in [2.24, 2.45) is 5.92 Å². The standard InChI is InChI=1S/C18H18F2N2O4/c19-18(20)26-15-6-4-11(7-16(15)25-10-12-1-2-12)3-5-13-8-21-9-14(22-13)17(23)24/h4,6-9,12,18H,1-3,5,10H2,(H,23,24). The Morgan fingerprint density at radius 2 is 2.04 bits per heavy atom. The summed E-state index contributed by atoms with van der Waals surface area (Å²) in [6, 6.07) is 4.81. The molecule has 26 heavy (non-hydrogen) atoms. The Hall–Kier alpha value is -2.77. The molecule has 8 heteroatoms. The lowest BCUT2D eigenvalue weighted by Gasteiger charge is -2.13. The predicted octanol–water partition coefficient (Wildman–Crippen LogP) is 3.35. The van der Waals surface area contributed by atoms with Gasteiger partial charge in [0.1, 0.15) is 0 Å². The van der Waals surface area contributed by atoms with Gasteiger partial charge in [-0.25, -0.2) is 9.78 Å². The van der Waals surface area contributed by atoms with Crippen molar-refractivity contribution in [1.29, 1.82) is 0 Å². The van der Waals surface area contributed by atoms with E-state index in [-0.39, 0.29) is 11.4 Å². The third kappa shape index (κ3) is 5.11. The van der Waals surface area contributed by atoms with Gasteiger partial charge in [-0.1, -0.05) is 6.07 Å². The molecule has 1 fully saturated rings. The Kier molecular flexibility index (Phi) is 5.60. The number of aryl methyl sites for hydroxylation is 2. The van der Waals surface area contributed by atoms with Crippen LogP contribution in [0.4, 0.5) is 8.78 Å². The van der Waals surface area contributed by atoms with Gasteiger partial charge in [-0.05, 0) is 49.3 Å². The number of carboxylic acids is 1. The van der Waals surface area contributed by atoms with Crippen LogP contribution in [-0.4, -0.2) is 34.3 Å². The zero-order valence-electron chi connectivity index (χ0n) is 13.9. The van der Waals surface area contributed by atoms with E-state index in [4.69, 9.17) is 9.84 Å². The van der Waals surface area contributed by atoms with Gasteiger partial charge >= 0.3 is 12.6 Å². The highest BCUT2D eigenvalue weighted by Crippen LogP contribution is 2.34. The van der Waals surface area contributed by atoms with Crippen LogP contribution >= 0.6 is 0 Å². The second-order valence-corrected chi connectivity index (χ2v) is 6.11. The van der Waals surface area contributed by atoms with E-state index in [1.165, 1.54) is 18.5 Å². The molecule has 0 bridgehead atoms. The summed E-state index contributed by atoms with van der Waals surface area (Å²) in [5.74, 6) is -0.354. The highest BCUT2D eigenvalue weighted by molar-refractivity contribution is 5.84. The van der Waals surface area contributed by atoms with Gasteiger partial charge in [0.2, 0.25) is 0 Å². The van der Waals surface area contributed by atoms with Crippen LogP contribution in [0.3, 0.4) is 0 Å². The number of aromatic carboxylic acids is 1. The summed E-state index contributed by atoms with van der Waals surface area (Å²) < 4.78 is 35.2. The van der Waals surface area contributed by atoms with Gasteiger partial charge < -0.3 is 14.6 Å². The molecule has 1 N–H and O–H groups in total. The van der Waals surface area contributed by atoms with Crippen LogP contribution in [0.5, 0.6) is 11.5 Å². The van der Waals surface area contributed by atoms with Gasteiger partial charge in [-0.3, -0.25) is 4.98 Å². The van der Waals surface area contributed by atoms with E-state index in [9.17, 15) is 13.6 Å². The van der Waals surface area contributed by atoms with Crippen molar-refractivity contribution in [1.82, 2.24) is 9.97 Å². The molecule has 0 radical (unpaired) electrons. The number of benzene rings is 1. The number of nitrogens with zero attached hydrogens (tertiary/aromatic N) is 2. The van der Waals surface area contributed by atoms with Crippen molar-refractivity contribution in [2.75, 3.05) is 6.61 Å². The molecule has 0 spiro atoms. The molecule has 0 amide bonds. The van der Waals surface area contributed by atoms with Crippen LogP contribution in [0.1, 0.15) is 34.6 Å². The number of carbonyl (C=O) groups is 1. The second kappa shape index (κ2) is 8.07. The van der Waals surface area contributed by atoms with E-state index in [1.54, 1.807) is 12.1 Å². The Labute approximate surface area is 148 Å². The highest BCUT2D eigenvalue weighted by Gasteiger charge is 2.23. The van der Waals surface area contributed by atoms with Crippen molar-refractivity contribution in [3.05, 3.63) is 47.5 Å². The fourth-order valence-electron chi connectivity index (χ4n) is 2.41. The minimum absolute atomic E-state index is 0.0112. The molecule has 2 aromatic rings. The maximum Gasteiger partial charge on any atom is 0.387 e. The summed E-state index contributed by atoms with van der Waals surface area (Å²) in [4.78, 5) is 18.8. The fourth-order valence-corrected chi connectivity index (χ4v) is 2.41. The SMILES string of the molecule is O=C(O)c1cncc(CCc2ccc(OC(F)F)c(OCC3CC3)c2)n1. The Morgan fingerprint density at radius 3 is 2.73 bits per heavy atom. The van der Waals surface area contributed by atoms with Crippen molar-refractivity contribution in [3.8, 4) is 11.5 Å². The van der Waals surface area contributed by atoms with E-state index in [0.717, 1.165) is 18.4 Å². The number of hydrogen-bond donors (Lipinski definition) is 1. The predicted molar refractivity (Wildman–Crippen MR) is 87.7 cm³/mol. The maximum atomic E-state index is 12.5. The molecule has 1 aromatic carbocycles. The molecular formula is C18H18F2N2O4. The van der Waals surface area contributed by atoms with Crippen molar-refractivity contribution in [3.63, 3.8) is 0 Å². The first-order valence-corrected chi connectivity index (χ1v) is 8.26. The third-order valence-corrected chi connectivity index (χ3v) is 3.97. The largest absolute Gasteiger partial charge is 0.489 e. The first-order chi connectivity index (χ1) is 12.5. The monoisotopic (exact) mass is 364 g/mol. The van der Waals surface area contributed by atoms with Crippen molar-refractivity contribution in [2.45, 2.75) is 32.3 Å². The summed E-state index contributed by atoms with van der Waals surface area (Å²) in [6.45, 7) is -2.44. The van der Waals surface area contributed by atoms with Crippen molar-refractivity contribution < 1.29 is 28.2 Å². The van der Waals surface area contributed by atoms with Crippen LogP contribution in [0, 0.1) is 5.92 Å². The van der Waals surface area contributed by atoms with Gasteiger partial charge in [0.15, 0.2) is 17.2 Å². The number of rotatable bonds is 9. The molecule has 1 aliphatic carbocycles. The van der Waals surface area contributed by atoms with Gasteiger partial charge in [0.25, 0.3) is 0 Å². The zero-order chi connectivity index (χ0) is 18.5. The summed E-state index contributed by atoms with van der Waals surface area (Å²) in [6.07, 6.45) is 5.86. The number of aromatic nitrogens is 2. The lowest BCUT2D eigenvalue weighted by molar-refractivity contribution is -0.0515. The number of carboxylic acid groups (broad SMARTS) is 1. The smallest absolute Gasteiger partial charge is 0.387 e. The van der Waals surface area contributed by atoms with Crippen LogP contribution in [0.25, 0.3) is 0 Å². The number of ether oxygens (including phenoxy) is 2. The lowest BCUT2D eigenvalue weighted by atomic mass is 10.1. The van der Waals surface area contributed by atoms with E-state index in [2.05, 4.69) is 14.7 Å². The lowest BCUT2D eigenvalue weighted by Crippen LogP contribution is -2.07. The van der Waals surface area contributed by atoms with Gasteiger partial charge in [0, 0.05) is 6.20 Å². The minimum atomic E-state index is -2.92. The first-order valence-electron chi connectivity index (χ1n) is 8.26. The zero-order valence-corrected chi connectivity index (χ0v) is 13.9. The molecule has 0 aliphatic heterocycles. The summed E-state index contributed by atoms with van der Waals surface area (Å²) in [7, 11) is 0. The number of hydrogen-bond acceptors (Lipinski definition) is 5. The Balaban J connectivity index is 1.69. The Bertz CT molecular complexity index is 782. The van der Waals surface area contributed by atoms with E-state index in [1.807, 2.05) is 0 Å². The number of alkyl halides is 2. The second-order valence-electron chi connectivity index (χ2n) is 6.11. The molecule has 3 rings (SSSR count). The molecule has 1 aliphatic rings. The van der Waals surface area contributed by atoms with Gasteiger partial charge in [0.05, 0.1) is 18.5 Å². The molecule has 1 heterocycles. The molecule has 0 unspecified atom stereocenters. The quantitative estimate of drug-likeness (QED) is 0.735. The van der Waals surface area contributed by atoms with Crippen LogP contribution in [-0.2, 0) is 12.8 Å².